The van der Waals surface area contributed by atoms with Crippen molar-refractivity contribution in [1.82, 2.24) is 4.47 Å². The Morgan fingerprint density at radius 3 is 1.96 bits per heavy atom. The molecule has 0 aliphatic rings. The van der Waals surface area contributed by atoms with Crippen LogP contribution in [0.1, 0.15) is 16.7 Å². The Kier molecular flexibility index (Phi) is 5.90. The minimum atomic E-state index is -4.48. The lowest BCUT2D eigenvalue weighted by Crippen LogP contribution is -2.47. The number of primary amides is 1. The second-order valence-corrected chi connectivity index (χ2v) is 7.20. The van der Waals surface area contributed by atoms with Gasteiger partial charge in [0.1, 0.15) is 6.29 Å². The smallest absolute Gasteiger partial charge is 0.265 e. The van der Waals surface area contributed by atoms with Gasteiger partial charge >= 0.3 is 0 Å². The second kappa shape index (κ2) is 7.93. The van der Waals surface area contributed by atoms with Crippen LogP contribution in [0.4, 0.5) is 0 Å². The Morgan fingerprint density at radius 2 is 1.54 bits per heavy atom. The largest absolute Gasteiger partial charge is 0.368 e. The van der Waals surface area contributed by atoms with Crippen LogP contribution in [0, 0.1) is 18.8 Å². The van der Waals surface area contributed by atoms with Crippen molar-refractivity contribution < 1.29 is 23.2 Å². The molecular weight excluding hydrogens is 356 g/mol. The third-order valence-electron chi connectivity index (χ3n) is 3.46. The van der Waals surface area contributed by atoms with E-state index in [2.05, 4.69) is 11.8 Å². The summed E-state index contributed by atoms with van der Waals surface area (Å²) in [6, 6.07) is 10.9. The number of hydrogen-bond acceptors (Lipinski definition) is 5. The van der Waals surface area contributed by atoms with Crippen molar-refractivity contribution in [3.63, 3.8) is 0 Å². The minimum Gasteiger partial charge on any atom is -0.368 e. The summed E-state index contributed by atoms with van der Waals surface area (Å²) in [4.78, 5) is 21.5. The van der Waals surface area contributed by atoms with E-state index in [1.165, 1.54) is 24.3 Å². The lowest BCUT2D eigenvalue weighted by atomic mass is 10.1. The number of nitrogens with zero attached hydrogens (tertiary/aromatic N) is 1. The molecule has 0 aliphatic carbocycles. The van der Waals surface area contributed by atoms with Crippen molar-refractivity contribution in [1.29, 1.82) is 0 Å². The van der Waals surface area contributed by atoms with E-state index in [1.54, 1.807) is 0 Å². The summed E-state index contributed by atoms with van der Waals surface area (Å²) in [6.07, 6.45) is -0.0543. The molecule has 2 rings (SSSR count). The number of hydrogen-bond donors (Lipinski definition) is 2. The molecular formula is C18H16N2O5S. The first-order chi connectivity index (χ1) is 12.3. The number of aryl methyl sites for hydroxylation is 1. The topological polar surface area (TPSA) is 118 Å². The number of sulfonamides is 1. The van der Waals surface area contributed by atoms with Crippen LogP contribution in [0.3, 0.4) is 0 Å². The molecule has 2 aromatic rings. The highest BCUT2D eigenvalue weighted by molar-refractivity contribution is 7.89. The fourth-order valence-electron chi connectivity index (χ4n) is 1.98. The molecule has 0 fully saturated rings. The second-order valence-electron chi connectivity index (χ2n) is 5.40. The average Bonchev–Trinajstić information content (AvgIpc) is 2.62. The molecule has 8 heteroatoms. The van der Waals surface area contributed by atoms with Crippen LogP contribution in [-0.4, -0.2) is 36.3 Å². The minimum absolute atomic E-state index is 0.0543. The monoisotopic (exact) mass is 372 g/mol. The summed E-state index contributed by atoms with van der Waals surface area (Å²) < 4.78 is 24.1. The molecule has 0 heterocycles. The molecule has 1 atom stereocenters. The predicted molar refractivity (Wildman–Crippen MR) is 93.5 cm³/mol. The lowest BCUT2D eigenvalue weighted by molar-refractivity contribution is -0.137. The zero-order chi connectivity index (χ0) is 19.3. The van der Waals surface area contributed by atoms with Crippen LogP contribution in [0.15, 0.2) is 53.4 Å². The van der Waals surface area contributed by atoms with Gasteiger partial charge in [0.2, 0.25) is 5.91 Å². The van der Waals surface area contributed by atoms with Gasteiger partial charge in [-0.15, -0.1) is 0 Å². The molecule has 0 spiro atoms. The van der Waals surface area contributed by atoms with Crippen LogP contribution in [0.2, 0.25) is 0 Å². The summed E-state index contributed by atoms with van der Waals surface area (Å²) in [5.41, 5.74) is 7.37. The van der Waals surface area contributed by atoms with Gasteiger partial charge in [-0.05, 0) is 43.3 Å². The maximum Gasteiger partial charge on any atom is 0.265 e. The van der Waals surface area contributed by atoms with Crippen LogP contribution in [0.5, 0.6) is 0 Å². The molecule has 0 aliphatic heterocycles. The Balaban J connectivity index is 2.25. The number of rotatable bonds is 5. The van der Waals surface area contributed by atoms with E-state index in [0.717, 1.165) is 11.1 Å². The van der Waals surface area contributed by atoms with Gasteiger partial charge in [-0.25, -0.2) is 8.42 Å². The van der Waals surface area contributed by atoms with Gasteiger partial charge in [0.15, 0.2) is 6.04 Å². The quantitative estimate of drug-likeness (QED) is 0.349. The van der Waals surface area contributed by atoms with Crippen molar-refractivity contribution >= 4 is 22.2 Å². The maximum atomic E-state index is 12.2. The Labute approximate surface area is 151 Å². The van der Waals surface area contributed by atoms with Crippen molar-refractivity contribution in [2.24, 2.45) is 5.73 Å². The van der Waals surface area contributed by atoms with Crippen LogP contribution in [-0.2, 0) is 19.6 Å². The molecule has 0 unspecified atom stereocenters. The van der Waals surface area contributed by atoms with Gasteiger partial charge in [0, 0.05) is 11.1 Å². The Bertz CT molecular complexity index is 971. The third kappa shape index (κ3) is 4.34. The summed E-state index contributed by atoms with van der Waals surface area (Å²) in [6.45, 7) is 1.97. The normalized spacial score (nSPS) is 12.1. The number of nitrogens with two attached hydrogens (primary N) is 1. The highest BCUT2D eigenvalue weighted by atomic mass is 32.2. The van der Waals surface area contributed by atoms with Gasteiger partial charge in [-0.1, -0.05) is 34.0 Å². The number of aldehydes is 1. The number of carbonyl (C=O) groups excluding carboxylic acids is 2. The fourth-order valence-corrected chi connectivity index (χ4v) is 3.13. The summed E-state index contributed by atoms with van der Waals surface area (Å²) in [7, 11) is -4.48. The number of carbonyl (C=O) groups is 2. The Morgan fingerprint density at radius 1 is 1.08 bits per heavy atom. The molecule has 0 saturated heterocycles. The van der Waals surface area contributed by atoms with E-state index >= 15 is 0 Å². The molecule has 3 N–H and O–H groups in total. The van der Waals surface area contributed by atoms with Gasteiger partial charge in [0.05, 0.1) is 4.90 Å². The highest BCUT2D eigenvalue weighted by Gasteiger charge is 2.33. The first-order valence-electron chi connectivity index (χ1n) is 7.42. The van der Waals surface area contributed by atoms with Gasteiger partial charge in [-0.2, -0.15) is 0 Å². The Hall–Kier alpha value is -2.99. The summed E-state index contributed by atoms with van der Waals surface area (Å²) in [5, 5.41) is 9.69. The van der Waals surface area contributed by atoms with E-state index in [9.17, 15) is 23.2 Å². The van der Waals surface area contributed by atoms with Gasteiger partial charge < -0.3 is 10.5 Å². The average molecular weight is 372 g/mol. The molecule has 26 heavy (non-hydrogen) atoms. The highest BCUT2D eigenvalue weighted by Crippen LogP contribution is 2.16. The van der Waals surface area contributed by atoms with Gasteiger partial charge in [-0.3, -0.25) is 10.0 Å². The summed E-state index contributed by atoms with van der Waals surface area (Å²) >= 11 is 0. The zero-order valence-corrected chi connectivity index (χ0v) is 14.6. The standard InChI is InChI=1S/C18H16N2O5S/c1-13-2-4-14(5-3-13)6-7-15-8-10-16(11-9-15)26(24,25)20(23)17(12-21)18(19)22/h2-5,8-12,17,23H,1H3,(H2,19,22)/t17-/m1/s1. The lowest BCUT2D eigenvalue weighted by Gasteiger charge is -2.18. The van der Waals surface area contributed by atoms with Crippen molar-refractivity contribution in [2.45, 2.75) is 17.9 Å². The van der Waals surface area contributed by atoms with Crippen molar-refractivity contribution in [3.05, 3.63) is 65.2 Å². The first kappa shape index (κ1) is 19.3. The number of benzene rings is 2. The molecule has 7 nitrogen and oxygen atoms in total. The van der Waals surface area contributed by atoms with Crippen molar-refractivity contribution in [3.8, 4) is 11.8 Å². The van der Waals surface area contributed by atoms with Crippen LogP contribution < -0.4 is 5.73 Å². The zero-order valence-electron chi connectivity index (χ0n) is 13.8. The molecule has 0 aromatic heterocycles. The molecule has 0 bridgehead atoms. The molecule has 2 aromatic carbocycles. The maximum absolute atomic E-state index is 12.2. The van der Waals surface area contributed by atoms with E-state index in [4.69, 9.17) is 5.73 Å². The van der Waals surface area contributed by atoms with E-state index in [-0.39, 0.29) is 15.7 Å². The molecule has 134 valence electrons. The fraction of sp³-hybridized carbons (Fsp3) is 0.111. The predicted octanol–water partition coefficient (Wildman–Crippen LogP) is 0.828. The van der Waals surface area contributed by atoms with Crippen molar-refractivity contribution in [2.75, 3.05) is 0 Å². The molecule has 1 amide bonds. The van der Waals surface area contributed by atoms with Gasteiger partial charge in [0.25, 0.3) is 10.0 Å². The first-order valence-corrected chi connectivity index (χ1v) is 8.86. The van der Waals surface area contributed by atoms with E-state index in [0.29, 0.717) is 5.56 Å². The molecule has 0 saturated carbocycles. The van der Waals surface area contributed by atoms with E-state index in [1.807, 2.05) is 31.2 Å². The van der Waals surface area contributed by atoms with Crippen LogP contribution in [0.25, 0.3) is 0 Å². The van der Waals surface area contributed by atoms with Crippen LogP contribution >= 0.6 is 0 Å². The SMILES string of the molecule is Cc1ccc(C#Cc2ccc(S(=O)(=O)N(O)[C@H](C=O)C(N)=O)cc2)cc1. The summed E-state index contributed by atoms with van der Waals surface area (Å²) in [5.74, 6) is 4.55. The number of amides is 1. The van der Waals surface area contributed by atoms with E-state index < -0.39 is 22.0 Å². The third-order valence-corrected chi connectivity index (χ3v) is 5.05. The number of hydroxylamine groups is 1. The molecule has 0 radical (unpaired) electrons.